The van der Waals surface area contributed by atoms with E-state index in [1.807, 2.05) is 6.07 Å². The molecule has 126 valence electrons. The van der Waals surface area contributed by atoms with Crippen LogP contribution in [-0.2, 0) is 0 Å². The molecule has 2 nitrogen and oxygen atoms in total. The Balaban J connectivity index is 1.58. The van der Waals surface area contributed by atoms with Crippen molar-refractivity contribution in [2.75, 3.05) is 6.61 Å². The van der Waals surface area contributed by atoms with Crippen LogP contribution in [0, 0.1) is 25.7 Å². The first-order chi connectivity index (χ1) is 11.7. The molecule has 0 amide bonds. The van der Waals surface area contributed by atoms with Crippen LogP contribution in [-0.4, -0.2) is 6.61 Å². The molecule has 0 bridgehead atoms. The van der Waals surface area contributed by atoms with E-state index in [2.05, 4.69) is 50.2 Å². The predicted octanol–water partition coefficient (Wildman–Crippen LogP) is 5.62. The molecule has 0 aliphatic heterocycles. The maximum absolute atomic E-state index is 6.47. The summed E-state index contributed by atoms with van der Waals surface area (Å²) < 4.78 is 12.5. The molecule has 1 atom stereocenters. The van der Waals surface area contributed by atoms with Crippen LogP contribution in [0.5, 0.6) is 11.5 Å². The Kier molecular flexibility index (Phi) is 4.22. The summed E-state index contributed by atoms with van der Waals surface area (Å²) in [6.45, 7) is 5.15. The normalized spacial score (nSPS) is 18.2. The molecule has 0 radical (unpaired) electrons. The minimum atomic E-state index is 0.135. The third-order valence-corrected chi connectivity index (χ3v) is 5.20. The zero-order chi connectivity index (χ0) is 16.5. The van der Waals surface area contributed by atoms with Gasteiger partial charge < -0.3 is 9.47 Å². The van der Waals surface area contributed by atoms with Gasteiger partial charge >= 0.3 is 0 Å². The lowest BCUT2D eigenvalue weighted by atomic mass is 9.99. The highest BCUT2D eigenvalue weighted by Crippen LogP contribution is 2.46. The summed E-state index contributed by atoms with van der Waals surface area (Å²) in [6.07, 6.45) is 5.28. The van der Waals surface area contributed by atoms with E-state index in [0.29, 0.717) is 5.92 Å². The first-order valence-corrected chi connectivity index (χ1v) is 9.17. The summed E-state index contributed by atoms with van der Waals surface area (Å²) in [5.41, 5.74) is 3.72. The number of rotatable bonds is 7. The monoisotopic (exact) mass is 322 g/mol. The smallest absolute Gasteiger partial charge is 0.127 e. The van der Waals surface area contributed by atoms with Gasteiger partial charge in [-0.1, -0.05) is 30.3 Å². The summed E-state index contributed by atoms with van der Waals surface area (Å²) in [4.78, 5) is 0. The van der Waals surface area contributed by atoms with E-state index in [1.54, 1.807) is 0 Å². The second kappa shape index (κ2) is 6.51. The van der Waals surface area contributed by atoms with E-state index in [0.717, 1.165) is 24.0 Å². The number of hydrogen-bond acceptors (Lipinski definition) is 2. The molecular weight excluding hydrogens is 296 g/mol. The Bertz CT molecular complexity index is 714. The summed E-state index contributed by atoms with van der Waals surface area (Å²) in [6, 6.07) is 14.7. The van der Waals surface area contributed by atoms with Crippen molar-refractivity contribution in [3.63, 3.8) is 0 Å². The van der Waals surface area contributed by atoms with Gasteiger partial charge in [-0.05, 0) is 74.3 Å². The Morgan fingerprint density at radius 3 is 2.38 bits per heavy atom. The lowest BCUT2D eigenvalue weighted by Gasteiger charge is -2.23. The van der Waals surface area contributed by atoms with Gasteiger partial charge in [0.05, 0.1) is 6.61 Å². The minimum Gasteiger partial charge on any atom is -0.493 e. The molecule has 2 aliphatic carbocycles. The number of hydrogen-bond donors (Lipinski definition) is 0. The van der Waals surface area contributed by atoms with Crippen molar-refractivity contribution in [1.29, 1.82) is 0 Å². The molecular formula is C22H26O2. The standard InChI is InChI=1S/C22H26O2/c1-15-6-3-4-8-20(15)24-22(18-12-13-18)19-7-5-9-21(16(19)2)23-14-17-10-11-17/h3-9,17-18,22H,10-14H2,1-2H3. The van der Waals surface area contributed by atoms with Crippen molar-refractivity contribution >= 4 is 0 Å². The Morgan fingerprint density at radius 1 is 0.917 bits per heavy atom. The number of benzene rings is 2. The summed E-state index contributed by atoms with van der Waals surface area (Å²) in [7, 11) is 0. The second-order valence-electron chi connectivity index (χ2n) is 7.37. The highest BCUT2D eigenvalue weighted by molar-refractivity contribution is 5.42. The molecule has 2 aromatic carbocycles. The molecule has 0 heterocycles. The molecule has 0 N–H and O–H groups in total. The van der Waals surface area contributed by atoms with E-state index >= 15 is 0 Å². The van der Waals surface area contributed by atoms with E-state index in [1.165, 1.54) is 42.4 Å². The zero-order valence-corrected chi connectivity index (χ0v) is 14.6. The van der Waals surface area contributed by atoms with Crippen LogP contribution in [0.2, 0.25) is 0 Å². The summed E-state index contributed by atoms with van der Waals surface area (Å²) in [5, 5.41) is 0. The maximum atomic E-state index is 6.47. The van der Waals surface area contributed by atoms with Crippen molar-refractivity contribution in [2.24, 2.45) is 11.8 Å². The van der Waals surface area contributed by atoms with E-state index in [9.17, 15) is 0 Å². The summed E-state index contributed by atoms with van der Waals surface area (Å²) in [5.74, 6) is 3.43. The van der Waals surface area contributed by atoms with Gasteiger partial charge in [0.2, 0.25) is 0 Å². The van der Waals surface area contributed by atoms with Gasteiger partial charge in [0, 0.05) is 5.92 Å². The average molecular weight is 322 g/mol. The lowest BCUT2D eigenvalue weighted by Crippen LogP contribution is -2.13. The van der Waals surface area contributed by atoms with Crippen LogP contribution >= 0.6 is 0 Å². The first-order valence-electron chi connectivity index (χ1n) is 9.17. The fourth-order valence-electron chi connectivity index (χ4n) is 3.23. The maximum Gasteiger partial charge on any atom is 0.127 e. The largest absolute Gasteiger partial charge is 0.493 e. The van der Waals surface area contributed by atoms with E-state index in [4.69, 9.17) is 9.47 Å². The highest BCUT2D eigenvalue weighted by Gasteiger charge is 2.35. The SMILES string of the molecule is Cc1ccccc1OC(c1cccc(OCC2CC2)c1C)C1CC1. The Labute approximate surface area is 144 Å². The van der Waals surface area contributed by atoms with Gasteiger partial charge in [-0.15, -0.1) is 0 Å². The van der Waals surface area contributed by atoms with Crippen molar-refractivity contribution in [3.05, 3.63) is 59.2 Å². The average Bonchev–Trinajstić information content (AvgIpc) is 3.47. The number of para-hydroxylation sites is 1. The molecule has 1 unspecified atom stereocenters. The number of aryl methyl sites for hydroxylation is 1. The lowest BCUT2D eigenvalue weighted by molar-refractivity contribution is 0.178. The van der Waals surface area contributed by atoms with Crippen LogP contribution in [0.15, 0.2) is 42.5 Å². The molecule has 0 spiro atoms. The van der Waals surface area contributed by atoms with Crippen LogP contribution < -0.4 is 9.47 Å². The molecule has 4 rings (SSSR count). The third-order valence-electron chi connectivity index (χ3n) is 5.20. The summed E-state index contributed by atoms with van der Waals surface area (Å²) >= 11 is 0. The topological polar surface area (TPSA) is 18.5 Å². The van der Waals surface area contributed by atoms with Gasteiger partial charge in [-0.3, -0.25) is 0 Å². The highest BCUT2D eigenvalue weighted by atomic mass is 16.5. The van der Waals surface area contributed by atoms with E-state index < -0.39 is 0 Å². The number of ether oxygens (including phenoxy) is 2. The van der Waals surface area contributed by atoms with Gasteiger partial charge in [-0.25, -0.2) is 0 Å². The quantitative estimate of drug-likeness (QED) is 0.658. The van der Waals surface area contributed by atoms with Crippen LogP contribution in [0.3, 0.4) is 0 Å². The molecule has 0 saturated heterocycles. The molecule has 24 heavy (non-hydrogen) atoms. The Morgan fingerprint density at radius 2 is 1.67 bits per heavy atom. The van der Waals surface area contributed by atoms with Crippen LogP contribution in [0.4, 0.5) is 0 Å². The molecule has 2 fully saturated rings. The molecule has 2 aliphatic rings. The fraction of sp³-hybridized carbons (Fsp3) is 0.455. The van der Waals surface area contributed by atoms with Gasteiger partial charge in [-0.2, -0.15) is 0 Å². The molecule has 2 saturated carbocycles. The minimum absolute atomic E-state index is 0.135. The van der Waals surface area contributed by atoms with Crippen LogP contribution in [0.25, 0.3) is 0 Å². The first kappa shape index (κ1) is 15.6. The molecule has 0 aromatic heterocycles. The molecule has 2 aromatic rings. The van der Waals surface area contributed by atoms with Crippen molar-refractivity contribution in [1.82, 2.24) is 0 Å². The predicted molar refractivity (Wildman–Crippen MR) is 96.7 cm³/mol. The van der Waals surface area contributed by atoms with Crippen molar-refractivity contribution in [3.8, 4) is 11.5 Å². The molecule has 2 heteroatoms. The Hall–Kier alpha value is -1.96. The second-order valence-corrected chi connectivity index (χ2v) is 7.37. The van der Waals surface area contributed by atoms with Crippen molar-refractivity contribution in [2.45, 2.75) is 45.6 Å². The van der Waals surface area contributed by atoms with Gasteiger partial charge in [0.25, 0.3) is 0 Å². The zero-order valence-electron chi connectivity index (χ0n) is 14.6. The van der Waals surface area contributed by atoms with Gasteiger partial charge in [0.1, 0.15) is 17.6 Å². The fourth-order valence-corrected chi connectivity index (χ4v) is 3.23. The van der Waals surface area contributed by atoms with Crippen molar-refractivity contribution < 1.29 is 9.47 Å². The van der Waals surface area contributed by atoms with E-state index in [-0.39, 0.29) is 6.10 Å². The van der Waals surface area contributed by atoms with Gasteiger partial charge in [0.15, 0.2) is 0 Å². The van der Waals surface area contributed by atoms with Crippen LogP contribution in [0.1, 0.15) is 48.5 Å². The third kappa shape index (κ3) is 3.43.